The van der Waals surface area contributed by atoms with Gasteiger partial charge in [0.25, 0.3) is 0 Å². The van der Waals surface area contributed by atoms with E-state index >= 15 is 0 Å². The number of carboxylic acids is 1. The van der Waals surface area contributed by atoms with Crippen LogP contribution in [0, 0.1) is 10.1 Å². The third kappa shape index (κ3) is 2.40. The molecule has 0 unspecified atom stereocenters. The van der Waals surface area contributed by atoms with E-state index in [1.54, 1.807) is 0 Å². The average Bonchev–Trinajstić information content (AvgIpc) is 2.19. The quantitative estimate of drug-likeness (QED) is 0.646. The molecular weight excluding hydrogens is 238 g/mol. The van der Waals surface area contributed by atoms with E-state index in [-0.39, 0.29) is 28.4 Å². The van der Waals surface area contributed by atoms with Gasteiger partial charge in [0, 0.05) is 6.07 Å². The first-order chi connectivity index (χ1) is 7.47. The summed E-state index contributed by atoms with van der Waals surface area (Å²) in [5.74, 6) is -1.19. The predicted octanol–water partition coefficient (Wildman–Crippen LogP) is 1.88. The molecule has 0 spiro atoms. The van der Waals surface area contributed by atoms with Gasteiger partial charge in [0.2, 0.25) is 5.75 Å². The summed E-state index contributed by atoms with van der Waals surface area (Å²) in [5.41, 5.74) is -0.0155. The van der Waals surface area contributed by atoms with Gasteiger partial charge in [-0.25, -0.2) is 0 Å². The van der Waals surface area contributed by atoms with E-state index in [2.05, 4.69) is 0 Å². The molecule has 0 bridgehead atoms. The standard InChI is InChI=1S/C9H8ClNO5/c1-16-9-6(11(14)15)3-2-5(8(9)10)4-7(12)13/h2-3H,4H2,1H3,(H,12,13). The molecule has 1 rings (SSSR count). The number of nitro benzene ring substituents is 1. The Hall–Kier alpha value is -1.82. The lowest BCUT2D eigenvalue weighted by molar-refractivity contribution is -0.385. The SMILES string of the molecule is COc1c([N+](=O)[O-])ccc(CC(=O)O)c1Cl. The van der Waals surface area contributed by atoms with E-state index in [4.69, 9.17) is 21.4 Å². The van der Waals surface area contributed by atoms with Crippen LogP contribution in [0.15, 0.2) is 12.1 Å². The molecule has 7 heteroatoms. The second kappa shape index (κ2) is 4.80. The minimum atomic E-state index is -1.07. The molecule has 1 N–H and O–H groups in total. The minimum absolute atomic E-state index is 0.0425. The second-order valence-corrected chi connectivity index (χ2v) is 3.30. The molecule has 0 aliphatic rings. The molecular formula is C9H8ClNO5. The van der Waals surface area contributed by atoms with Crippen molar-refractivity contribution in [1.82, 2.24) is 0 Å². The molecule has 1 aromatic rings. The lowest BCUT2D eigenvalue weighted by Crippen LogP contribution is -2.03. The molecule has 0 aliphatic carbocycles. The second-order valence-electron chi connectivity index (χ2n) is 2.92. The first-order valence-electron chi connectivity index (χ1n) is 4.19. The number of methoxy groups -OCH3 is 1. The average molecular weight is 246 g/mol. The molecule has 0 fully saturated rings. The van der Waals surface area contributed by atoms with Crippen LogP contribution in [-0.2, 0) is 11.2 Å². The highest BCUT2D eigenvalue weighted by Crippen LogP contribution is 2.37. The van der Waals surface area contributed by atoms with Crippen LogP contribution in [0.4, 0.5) is 5.69 Å². The largest absolute Gasteiger partial charge is 0.489 e. The Morgan fingerprint density at radius 1 is 1.62 bits per heavy atom. The number of nitro groups is 1. The fraction of sp³-hybridized carbons (Fsp3) is 0.222. The number of aliphatic carboxylic acids is 1. The van der Waals surface area contributed by atoms with E-state index in [0.29, 0.717) is 0 Å². The van der Waals surface area contributed by atoms with Crippen LogP contribution in [0.3, 0.4) is 0 Å². The van der Waals surface area contributed by atoms with E-state index in [9.17, 15) is 14.9 Å². The highest BCUT2D eigenvalue weighted by atomic mass is 35.5. The van der Waals surface area contributed by atoms with Gasteiger partial charge in [0.05, 0.1) is 23.5 Å². The first kappa shape index (κ1) is 12.3. The topological polar surface area (TPSA) is 89.7 Å². The molecule has 16 heavy (non-hydrogen) atoms. The molecule has 0 saturated heterocycles. The molecule has 0 saturated carbocycles. The van der Waals surface area contributed by atoms with E-state index in [0.717, 1.165) is 0 Å². The van der Waals surface area contributed by atoms with Crippen LogP contribution in [0.5, 0.6) is 5.75 Å². The number of rotatable bonds is 4. The molecule has 0 radical (unpaired) electrons. The monoisotopic (exact) mass is 245 g/mol. The number of benzene rings is 1. The number of ether oxygens (including phenoxy) is 1. The van der Waals surface area contributed by atoms with Gasteiger partial charge in [-0.2, -0.15) is 0 Å². The zero-order valence-corrected chi connectivity index (χ0v) is 9.02. The van der Waals surface area contributed by atoms with Crippen LogP contribution < -0.4 is 4.74 Å². The highest BCUT2D eigenvalue weighted by Gasteiger charge is 2.21. The van der Waals surface area contributed by atoms with Gasteiger partial charge in [0.15, 0.2) is 0 Å². The van der Waals surface area contributed by atoms with Crippen molar-refractivity contribution in [2.45, 2.75) is 6.42 Å². The van der Waals surface area contributed by atoms with Crippen molar-refractivity contribution in [3.8, 4) is 5.75 Å². The maximum absolute atomic E-state index is 10.6. The van der Waals surface area contributed by atoms with E-state index in [1.807, 2.05) is 0 Å². The number of hydrogen-bond acceptors (Lipinski definition) is 4. The number of carbonyl (C=O) groups is 1. The predicted molar refractivity (Wildman–Crippen MR) is 56.0 cm³/mol. The zero-order chi connectivity index (χ0) is 12.3. The van der Waals surface area contributed by atoms with Crippen molar-refractivity contribution < 1.29 is 19.6 Å². The van der Waals surface area contributed by atoms with Crippen molar-refractivity contribution in [2.24, 2.45) is 0 Å². The van der Waals surface area contributed by atoms with Gasteiger partial charge in [-0.05, 0) is 11.6 Å². The number of carboxylic acid groups (broad SMARTS) is 1. The Morgan fingerprint density at radius 3 is 2.69 bits per heavy atom. The maximum Gasteiger partial charge on any atom is 0.312 e. The number of nitrogens with zero attached hydrogens (tertiary/aromatic N) is 1. The number of halogens is 1. The lowest BCUT2D eigenvalue weighted by Gasteiger charge is -2.07. The third-order valence-electron chi connectivity index (χ3n) is 1.90. The van der Waals surface area contributed by atoms with Gasteiger partial charge in [-0.3, -0.25) is 14.9 Å². The minimum Gasteiger partial charge on any atom is -0.489 e. The smallest absolute Gasteiger partial charge is 0.312 e. The Labute approximate surface area is 95.6 Å². The fourth-order valence-electron chi connectivity index (χ4n) is 1.22. The fourth-order valence-corrected chi connectivity index (χ4v) is 1.53. The van der Waals surface area contributed by atoms with Crippen molar-refractivity contribution >= 4 is 23.3 Å². The van der Waals surface area contributed by atoms with Crippen LogP contribution in [-0.4, -0.2) is 23.1 Å². The van der Waals surface area contributed by atoms with Crippen molar-refractivity contribution in [3.05, 3.63) is 32.8 Å². The molecule has 1 aromatic carbocycles. The normalized spacial score (nSPS) is 9.88. The third-order valence-corrected chi connectivity index (χ3v) is 2.31. The van der Waals surface area contributed by atoms with Crippen LogP contribution in [0.25, 0.3) is 0 Å². The molecule has 86 valence electrons. The summed E-state index contributed by atoms with van der Waals surface area (Å²) >= 11 is 5.81. The number of hydrogen-bond donors (Lipinski definition) is 1. The van der Waals surface area contributed by atoms with Crippen molar-refractivity contribution in [1.29, 1.82) is 0 Å². The highest BCUT2D eigenvalue weighted by molar-refractivity contribution is 6.33. The zero-order valence-electron chi connectivity index (χ0n) is 8.27. The molecule has 0 aliphatic heterocycles. The van der Waals surface area contributed by atoms with Gasteiger partial charge in [-0.1, -0.05) is 11.6 Å². The summed E-state index contributed by atoms with van der Waals surface area (Å²) < 4.78 is 4.79. The summed E-state index contributed by atoms with van der Waals surface area (Å²) in [4.78, 5) is 20.5. The van der Waals surface area contributed by atoms with E-state index < -0.39 is 10.9 Å². The van der Waals surface area contributed by atoms with Gasteiger partial charge < -0.3 is 9.84 Å². The van der Waals surface area contributed by atoms with Crippen LogP contribution >= 0.6 is 11.6 Å². The summed E-state index contributed by atoms with van der Waals surface area (Å²) in [6.45, 7) is 0. The molecule has 0 atom stereocenters. The summed E-state index contributed by atoms with van der Waals surface area (Å²) in [7, 11) is 1.23. The molecule has 0 amide bonds. The van der Waals surface area contributed by atoms with Crippen molar-refractivity contribution in [2.75, 3.05) is 7.11 Å². The Morgan fingerprint density at radius 2 is 2.25 bits per heavy atom. The lowest BCUT2D eigenvalue weighted by atomic mass is 10.1. The van der Waals surface area contributed by atoms with Crippen LogP contribution in [0.2, 0.25) is 5.02 Å². The molecule has 6 nitrogen and oxygen atoms in total. The van der Waals surface area contributed by atoms with Gasteiger partial charge in [0.1, 0.15) is 0 Å². The van der Waals surface area contributed by atoms with Crippen molar-refractivity contribution in [3.63, 3.8) is 0 Å². The summed E-state index contributed by atoms with van der Waals surface area (Å²) in [6, 6.07) is 2.47. The Kier molecular flexibility index (Phi) is 3.68. The Balaban J connectivity index is 3.28. The van der Waals surface area contributed by atoms with Gasteiger partial charge in [-0.15, -0.1) is 0 Å². The maximum atomic E-state index is 10.6. The molecule has 0 heterocycles. The Bertz CT molecular complexity index is 446. The summed E-state index contributed by atoms with van der Waals surface area (Å²) in [5, 5.41) is 19.2. The first-order valence-corrected chi connectivity index (χ1v) is 4.56. The van der Waals surface area contributed by atoms with Crippen LogP contribution in [0.1, 0.15) is 5.56 Å². The summed E-state index contributed by atoms with van der Waals surface area (Å²) in [6.07, 6.45) is -0.312. The van der Waals surface area contributed by atoms with Gasteiger partial charge >= 0.3 is 11.7 Å². The molecule has 0 aromatic heterocycles. The van der Waals surface area contributed by atoms with E-state index in [1.165, 1.54) is 19.2 Å².